The molecule has 208 valence electrons. The van der Waals surface area contributed by atoms with Gasteiger partial charge in [-0.25, -0.2) is 4.79 Å². The van der Waals surface area contributed by atoms with Crippen LogP contribution < -0.4 is 19.5 Å². The number of nitrogens with one attached hydrogen (secondary N) is 1. The van der Waals surface area contributed by atoms with Crippen LogP contribution in [-0.2, 0) is 22.7 Å². The highest BCUT2D eigenvalue weighted by Gasteiger charge is 2.36. The molecule has 40 heavy (non-hydrogen) atoms. The molecular formula is C29H25Cl3N2O6. The van der Waals surface area contributed by atoms with Crippen molar-refractivity contribution < 1.29 is 28.6 Å². The number of halogens is 3. The highest BCUT2D eigenvalue weighted by atomic mass is 35.5. The summed E-state index contributed by atoms with van der Waals surface area (Å²) < 4.78 is 17.0. The first-order valence-corrected chi connectivity index (χ1v) is 13.4. The monoisotopic (exact) mass is 602 g/mol. The Labute approximate surface area is 246 Å². The number of methoxy groups -OCH3 is 1. The molecule has 0 unspecified atom stereocenters. The van der Waals surface area contributed by atoms with Gasteiger partial charge in [0.05, 0.1) is 20.3 Å². The minimum Gasteiger partial charge on any atom is -0.493 e. The fourth-order valence-electron chi connectivity index (χ4n) is 3.88. The summed E-state index contributed by atoms with van der Waals surface area (Å²) in [7, 11) is 1.50. The zero-order valence-electron chi connectivity index (χ0n) is 21.6. The van der Waals surface area contributed by atoms with Gasteiger partial charge in [-0.1, -0.05) is 53.9 Å². The van der Waals surface area contributed by atoms with Crippen molar-refractivity contribution in [2.75, 3.05) is 13.7 Å². The van der Waals surface area contributed by atoms with Crippen molar-refractivity contribution in [3.63, 3.8) is 0 Å². The van der Waals surface area contributed by atoms with Gasteiger partial charge in [0.2, 0.25) is 0 Å². The number of amides is 4. The normalized spacial score (nSPS) is 14.4. The van der Waals surface area contributed by atoms with Crippen LogP contribution >= 0.6 is 34.8 Å². The van der Waals surface area contributed by atoms with E-state index in [-0.39, 0.29) is 18.7 Å². The molecule has 1 fully saturated rings. The van der Waals surface area contributed by atoms with Gasteiger partial charge in [-0.2, -0.15) is 0 Å². The maximum atomic E-state index is 13.4. The molecule has 0 aliphatic carbocycles. The minimum atomic E-state index is -0.836. The van der Waals surface area contributed by atoms with Crippen molar-refractivity contribution in [3.8, 4) is 17.2 Å². The molecular weight excluding hydrogens is 579 g/mol. The maximum absolute atomic E-state index is 13.4. The predicted molar refractivity (Wildman–Crippen MR) is 153 cm³/mol. The predicted octanol–water partition coefficient (Wildman–Crippen LogP) is 6.69. The molecule has 3 aromatic rings. The third kappa shape index (κ3) is 6.88. The van der Waals surface area contributed by atoms with Crippen LogP contribution in [0.4, 0.5) is 4.79 Å². The Morgan fingerprint density at radius 1 is 0.875 bits per heavy atom. The Balaban J connectivity index is 1.59. The van der Waals surface area contributed by atoms with E-state index in [1.54, 1.807) is 54.6 Å². The molecule has 0 spiro atoms. The second-order valence-corrected chi connectivity index (χ2v) is 10.0. The van der Waals surface area contributed by atoms with Crippen molar-refractivity contribution >= 4 is 58.7 Å². The fraction of sp³-hybridized carbons (Fsp3) is 0.207. The van der Waals surface area contributed by atoms with Crippen LogP contribution in [0.3, 0.4) is 0 Å². The largest absolute Gasteiger partial charge is 0.493 e. The van der Waals surface area contributed by atoms with Crippen LogP contribution in [-0.4, -0.2) is 36.5 Å². The van der Waals surface area contributed by atoms with E-state index in [4.69, 9.17) is 49.0 Å². The van der Waals surface area contributed by atoms with Crippen LogP contribution in [0.1, 0.15) is 30.0 Å². The van der Waals surface area contributed by atoms with Gasteiger partial charge in [0.15, 0.2) is 11.5 Å². The summed E-state index contributed by atoms with van der Waals surface area (Å²) in [6, 6.07) is 14.1. The fourth-order valence-corrected chi connectivity index (χ4v) is 4.52. The molecule has 0 radical (unpaired) electrons. The Hall–Kier alpha value is -3.72. The molecule has 8 nitrogen and oxygen atoms in total. The molecule has 1 aliphatic heterocycles. The second kappa shape index (κ2) is 13.1. The number of ether oxygens (including phenoxy) is 3. The SMILES string of the molecule is CCCOc1ccc(CN2C(=O)NC(=O)/C(=C\c3cc(Cl)ccc3OCc3ccc(Cl)cc3Cl)C2=O)cc1OC. The highest BCUT2D eigenvalue weighted by molar-refractivity contribution is 6.35. The topological polar surface area (TPSA) is 94.2 Å². The average molecular weight is 604 g/mol. The van der Waals surface area contributed by atoms with E-state index < -0.39 is 17.8 Å². The van der Waals surface area contributed by atoms with Crippen LogP contribution in [0, 0.1) is 0 Å². The maximum Gasteiger partial charge on any atom is 0.331 e. The third-order valence-corrected chi connectivity index (χ3v) is 6.71. The van der Waals surface area contributed by atoms with Crippen molar-refractivity contribution in [2.24, 2.45) is 0 Å². The van der Waals surface area contributed by atoms with E-state index in [0.29, 0.717) is 55.6 Å². The van der Waals surface area contributed by atoms with Crippen molar-refractivity contribution in [1.29, 1.82) is 0 Å². The first-order valence-electron chi connectivity index (χ1n) is 12.2. The molecule has 3 aromatic carbocycles. The average Bonchev–Trinajstić information content (AvgIpc) is 2.92. The van der Waals surface area contributed by atoms with Gasteiger partial charge in [0.1, 0.15) is 17.9 Å². The lowest BCUT2D eigenvalue weighted by Gasteiger charge is -2.26. The third-order valence-electron chi connectivity index (χ3n) is 5.89. The van der Waals surface area contributed by atoms with Crippen LogP contribution in [0.25, 0.3) is 6.08 Å². The zero-order chi connectivity index (χ0) is 28.8. The van der Waals surface area contributed by atoms with E-state index in [9.17, 15) is 14.4 Å². The number of nitrogens with zero attached hydrogens (tertiary/aromatic N) is 1. The lowest BCUT2D eigenvalue weighted by Crippen LogP contribution is -2.53. The van der Waals surface area contributed by atoms with Crippen molar-refractivity contribution in [3.05, 3.63) is 91.9 Å². The summed E-state index contributed by atoms with van der Waals surface area (Å²) in [5.41, 5.74) is 1.39. The Kier molecular flexibility index (Phi) is 9.58. The standard InChI is InChI=1S/C29H25Cl3N2O6/c1-3-10-39-25-8-4-17(11-26(25)38-2)15-34-28(36)22(27(35)33-29(34)37)13-19-12-20(30)7-9-24(19)40-16-18-5-6-21(31)14-23(18)32/h4-9,11-14H,3,10,15-16H2,1-2H3,(H,33,35,37)/b22-13+. The smallest absolute Gasteiger partial charge is 0.331 e. The molecule has 0 aromatic heterocycles. The Morgan fingerprint density at radius 3 is 2.33 bits per heavy atom. The highest BCUT2D eigenvalue weighted by Crippen LogP contribution is 2.31. The molecule has 1 saturated heterocycles. The molecule has 0 atom stereocenters. The number of benzene rings is 3. The number of hydrogen-bond acceptors (Lipinski definition) is 6. The van der Waals surface area contributed by atoms with Gasteiger partial charge in [-0.15, -0.1) is 0 Å². The molecule has 4 rings (SSSR count). The summed E-state index contributed by atoms with van der Waals surface area (Å²) in [5, 5.41) is 3.50. The number of barbiturate groups is 1. The number of hydrogen-bond donors (Lipinski definition) is 1. The van der Waals surface area contributed by atoms with Crippen LogP contribution in [0.15, 0.2) is 60.2 Å². The Bertz CT molecular complexity index is 1490. The lowest BCUT2D eigenvalue weighted by molar-refractivity contribution is -0.130. The van der Waals surface area contributed by atoms with E-state index in [1.165, 1.54) is 13.2 Å². The van der Waals surface area contributed by atoms with Crippen LogP contribution in [0.2, 0.25) is 15.1 Å². The van der Waals surface area contributed by atoms with Crippen molar-refractivity contribution in [2.45, 2.75) is 26.5 Å². The van der Waals surface area contributed by atoms with Gasteiger partial charge < -0.3 is 14.2 Å². The van der Waals surface area contributed by atoms with Gasteiger partial charge >= 0.3 is 6.03 Å². The summed E-state index contributed by atoms with van der Waals surface area (Å²) in [5.74, 6) is -0.250. The number of carbonyl (C=O) groups is 3. The van der Waals surface area contributed by atoms with Gasteiger partial charge in [0.25, 0.3) is 11.8 Å². The molecule has 1 N–H and O–H groups in total. The first kappa shape index (κ1) is 29.3. The molecule has 4 amide bonds. The molecule has 1 aliphatic rings. The number of urea groups is 1. The van der Waals surface area contributed by atoms with Gasteiger partial charge in [-0.3, -0.25) is 19.8 Å². The second-order valence-electron chi connectivity index (χ2n) is 8.75. The Morgan fingerprint density at radius 2 is 1.60 bits per heavy atom. The first-order chi connectivity index (χ1) is 19.2. The van der Waals surface area contributed by atoms with E-state index >= 15 is 0 Å². The summed E-state index contributed by atoms with van der Waals surface area (Å²) >= 11 is 18.4. The number of rotatable bonds is 10. The van der Waals surface area contributed by atoms with Crippen LogP contribution in [0.5, 0.6) is 17.2 Å². The van der Waals surface area contributed by atoms with E-state index in [0.717, 1.165) is 11.3 Å². The number of carbonyl (C=O) groups excluding carboxylic acids is 3. The van der Waals surface area contributed by atoms with E-state index in [2.05, 4.69) is 5.32 Å². The molecule has 0 saturated carbocycles. The quantitative estimate of drug-likeness (QED) is 0.205. The number of imide groups is 2. The molecule has 11 heteroatoms. The summed E-state index contributed by atoms with van der Waals surface area (Å²) in [6.07, 6.45) is 2.16. The minimum absolute atomic E-state index is 0.0956. The molecule has 1 heterocycles. The molecule has 0 bridgehead atoms. The van der Waals surface area contributed by atoms with Crippen molar-refractivity contribution in [1.82, 2.24) is 10.2 Å². The lowest BCUT2D eigenvalue weighted by atomic mass is 10.1. The van der Waals surface area contributed by atoms with Gasteiger partial charge in [0, 0.05) is 26.2 Å². The summed E-state index contributed by atoms with van der Waals surface area (Å²) in [4.78, 5) is 39.7. The van der Waals surface area contributed by atoms with Gasteiger partial charge in [-0.05, 0) is 60.5 Å². The summed E-state index contributed by atoms with van der Waals surface area (Å²) in [6.45, 7) is 2.49. The zero-order valence-corrected chi connectivity index (χ0v) is 23.9. The van der Waals surface area contributed by atoms with E-state index in [1.807, 2.05) is 6.92 Å².